The number of anilines is 1. The van der Waals surface area contributed by atoms with Gasteiger partial charge in [0, 0.05) is 11.8 Å². The fourth-order valence-corrected chi connectivity index (χ4v) is 2.67. The number of hydrogen-bond acceptors (Lipinski definition) is 1. The summed E-state index contributed by atoms with van der Waals surface area (Å²) in [4.78, 5) is 14.2. The van der Waals surface area contributed by atoms with E-state index in [1.54, 1.807) is 4.90 Å². The summed E-state index contributed by atoms with van der Waals surface area (Å²) in [6.45, 7) is 4.01. The van der Waals surface area contributed by atoms with Crippen LogP contribution in [0.4, 0.5) is 5.69 Å². The summed E-state index contributed by atoms with van der Waals surface area (Å²) in [5.74, 6) is -0.126. The molecule has 0 radical (unpaired) electrons. The SMILES string of the molecule is C=C=CC(=O)N(Cc1cccc2ccccc12)c1ccccc1. The van der Waals surface area contributed by atoms with Crippen molar-refractivity contribution in [3.05, 3.63) is 96.7 Å². The number of para-hydroxylation sites is 1. The predicted molar refractivity (Wildman–Crippen MR) is 95.3 cm³/mol. The number of benzene rings is 3. The highest BCUT2D eigenvalue weighted by Gasteiger charge is 2.14. The van der Waals surface area contributed by atoms with E-state index in [9.17, 15) is 4.79 Å². The minimum Gasteiger partial charge on any atom is -0.304 e. The van der Waals surface area contributed by atoms with Gasteiger partial charge in [0.05, 0.1) is 6.54 Å². The molecule has 0 aliphatic rings. The van der Waals surface area contributed by atoms with Crippen LogP contribution in [-0.4, -0.2) is 5.91 Å². The first-order chi connectivity index (χ1) is 11.3. The van der Waals surface area contributed by atoms with Crippen LogP contribution in [0.3, 0.4) is 0 Å². The van der Waals surface area contributed by atoms with Crippen LogP contribution in [0.25, 0.3) is 10.8 Å². The van der Waals surface area contributed by atoms with Crippen molar-refractivity contribution in [3.63, 3.8) is 0 Å². The molecule has 0 bridgehead atoms. The molecule has 1 amide bonds. The first-order valence-corrected chi connectivity index (χ1v) is 7.48. The molecule has 0 aliphatic heterocycles. The minimum atomic E-state index is -0.126. The van der Waals surface area contributed by atoms with Crippen LogP contribution >= 0.6 is 0 Å². The predicted octanol–water partition coefficient (Wildman–Crippen LogP) is 4.71. The van der Waals surface area contributed by atoms with Crippen molar-refractivity contribution in [2.75, 3.05) is 4.90 Å². The summed E-state index contributed by atoms with van der Waals surface area (Å²) in [7, 11) is 0. The number of fused-ring (bicyclic) bond motifs is 1. The zero-order valence-electron chi connectivity index (χ0n) is 12.8. The third kappa shape index (κ3) is 3.23. The molecule has 3 rings (SSSR count). The fraction of sp³-hybridized carbons (Fsp3) is 0.0476. The molecule has 0 aromatic heterocycles. The molecule has 2 heteroatoms. The Morgan fingerprint density at radius 3 is 2.43 bits per heavy atom. The lowest BCUT2D eigenvalue weighted by Crippen LogP contribution is -2.28. The normalized spacial score (nSPS) is 10.1. The van der Waals surface area contributed by atoms with E-state index in [-0.39, 0.29) is 5.91 Å². The third-order valence-corrected chi connectivity index (χ3v) is 3.77. The molecule has 0 saturated carbocycles. The molecule has 3 aromatic carbocycles. The van der Waals surface area contributed by atoms with E-state index in [2.05, 4.69) is 36.6 Å². The highest BCUT2D eigenvalue weighted by atomic mass is 16.2. The van der Waals surface area contributed by atoms with Crippen LogP contribution in [0.2, 0.25) is 0 Å². The maximum absolute atomic E-state index is 12.5. The quantitative estimate of drug-likeness (QED) is 0.504. The summed E-state index contributed by atoms with van der Waals surface area (Å²) in [6, 6.07) is 24.0. The minimum absolute atomic E-state index is 0.126. The van der Waals surface area contributed by atoms with Gasteiger partial charge in [0.25, 0.3) is 5.91 Å². The van der Waals surface area contributed by atoms with Gasteiger partial charge in [0.1, 0.15) is 0 Å². The van der Waals surface area contributed by atoms with Crippen molar-refractivity contribution in [3.8, 4) is 0 Å². The van der Waals surface area contributed by atoms with Crippen molar-refractivity contribution in [1.82, 2.24) is 0 Å². The summed E-state index contributed by atoms with van der Waals surface area (Å²) in [5, 5.41) is 2.33. The molecule has 2 nitrogen and oxygen atoms in total. The molecule has 0 atom stereocenters. The number of amides is 1. The second kappa shape index (κ2) is 6.78. The average molecular weight is 299 g/mol. The summed E-state index contributed by atoms with van der Waals surface area (Å²) >= 11 is 0. The second-order valence-corrected chi connectivity index (χ2v) is 5.25. The van der Waals surface area contributed by atoms with E-state index in [1.165, 1.54) is 11.5 Å². The maximum Gasteiger partial charge on any atom is 0.259 e. The molecular formula is C21H17NO. The number of carbonyl (C=O) groups excluding carboxylic acids is 1. The number of carbonyl (C=O) groups is 1. The number of rotatable bonds is 4. The van der Waals surface area contributed by atoms with Gasteiger partial charge in [-0.1, -0.05) is 67.2 Å². The summed E-state index contributed by atoms with van der Waals surface area (Å²) < 4.78 is 0. The van der Waals surface area contributed by atoms with E-state index in [0.717, 1.165) is 16.6 Å². The van der Waals surface area contributed by atoms with E-state index in [1.807, 2.05) is 48.5 Å². The van der Waals surface area contributed by atoms with Crippen LogP contribution in [0.5, 0.6) is 0 Å². The van der Waals surface area contributed by atoms with Crippen molar-refractivity contribution in [1.29, 1.82) is 0 Å². The van der Waals surface area contributed by atoms with Crippen molar-refractivity contribution < 1.29 is 4.79 Å². The van der Waals surface area contributed by atoms with Gasteiger partial charge in [-0.15, -0.1) is 5.73 Å². The molecule has 3 aromatic rings. The Bertz CT molecular complexity index is 871. The van der Waals surface area contributed by atoms with Gasteiger partial charge in [0.2, 0.25) is 0 Å². The molecule has 0 heterocycles. The van der Waals surface area contributed by atoms with Gasteiger partial charge in [-0.2, -0.15) is 0 Å². The Labute approximate surface area is 136 Å². The Hall–Kier alpha value is -3.09. The Morgan fingerprint density at radius 1 is 0.957 bits per heavy atom. The highest BCUT2D eigenvalue weighted by Crippen LogP contribution is 2.23. The lowest BCUT2D eigenvalue weighted by atomic mass is 10.0. The van der Waals surface area contributed by atoms with Crippen molar-refractivity contribution in [2.24, 2.45) is 0 Å². The van der Waals surface area contributed by atoms with Gasteiger partial charge in [0.15, 0.2) is 0 Å². The molecule has 0 spiro atoms. The van der Waals surface area contributed by atoms with Gasteiger partial charge < -0.3 is 4.90 Å². The molecule has 112 valence electrons. The van der Waals surface area contributed by atoms with Gasteiger partial charge in [-0.05, 0) is 28.5 Å². The Balaban J connectivity index is 2.04. The zero-order chi connectivity index (χ0) is 16.1. The number of nitrogens with zero attached hydrogens (tertiary/aromatic N) is 1. The highest BCUT2D eigenvalue weighted by molar-refractivity contribution is 6.01. The summed E-state index contributed by atoms with van der Waals surface area (Å²) in [5.41, 5.74) is 4.54. The van der Waals surface area contributed by atoms with Crippen LogP contribution in [0.15, 0.2) is 91.2 Å². The smallest absolute Gasteiger partial charge is 0.259 e. The van der Waals surface area contributed by atoms with E-state index in [0.29, 0.717) is 6.54 Å². The van der Waals surface area contributed by atoms with Gasteiger partial charge >= 0.3 is 0 Å². The van der Waals surface area contributed by atoms with E-state index < -0.39 is 0 Å². The topological polar surface area (TPSA) is 20.3 Å². The molecule has 0 unspecified atom stereocenters. The largest absolute Gasteiger partial charge is 0.304 e. The maximum atomic E-state index is 12.5. The van der Waals surface area contributed by atoms with Crippen molar-refractivity contribution in [2.45, 2.75) is 6.54 Å². The molecule has 0 N–H and O–H groups in total. The number of hydrogen-bond donors (Lipinski definition) is 0. The monoisotopic (exact) mass is 299 g/mol. The lowest BCUT2D eigenvalue weighted by Gasteiger charge is -2.22. The third-order valence-electron chi connectivity index (χ3n) is 3.77. The first kappa shape index (κ1) is 14.8. The van der Waals surface area contributed by atoms with Gasteiger partial charge in [-0.25, -0.2) is 0 Å². The second-order valence-electron chi connectivity index (χ2n) is 5.25. The average Bonchev–Trinajstić information content (AvgIpc) is 2.60. The summed E-state index contributed by atoms with van der Waals surface area (Å²) in [6.07, 6.45) is 1.37. The van der Waals surface area contributed by atoms with Crippen LogP contribution < -0.4 is 4.90 Å². The molecule has 23 heavy (non-hydrogen) atoms. The van der Waals surface area contributed by atoms with E-state index in [4.69, 9.17) is 0 Å². The van der Waals surface area contributed by atoms with E-state index >= 15 is 0 Å². The van der Waals surface area contributed by atoms with Crippen LogP contribution in [0, 0.1) is 0 Å². The Morgan fingerprint density at radius 2 is 1.65 bits per heavy atom. The van der Waals surface area contributed by atoms with Crippen LogP contribution in [-0.2, 0) is 11.3 Å². The van der Waals surface area contributed by atoms with Gasteiger partial charge in [-0.3, -0.25) is 4.79 Å². The molecular weight excluding hydrogens is 282 g/mol. The first-order valence-electron chi connectivity index (χ1n) is 7.48. The zero-order valence-corrected chi connectivity index (χ0v) is 12.8. The van der Waals surface area contributed by atoms with Crippen LogP contribution in [0.1, 0.15) is 5.56 Å². The standard InChI is InChI=1S/C21H17NO/c1-2-9-21(23)22(19-13-4-3-5-14-19)16-18-12-8-11-17-10-6-7-15-20(17)18/h3-15H,1,16H2. The fourth-order valence-electron chi connectivity index (χ4n) is 2.67. The Kier molecular flexibility index (Phi) is 4.37. The molecule has 0 fully saturated rings. The molecule has 0 saturated heterocycles. The molecule has 0 aliphatic carbocycles. The lowest BCUT2D eigenvalue weighted by molar-refractivity contribution is -0.114. The van der Waals surface area contributed by atoms with Crippen molar-refractivity contribution >= 4 is 22.4 Å².